The van der Waals surface area contributed by atoms with Crippen LogP contribution in [0.15, 0.2) is 12.1 Å². The van der Waals surface area contributed by atoms with E-state index in [0.717, 1.165) is 25.7 Å². The summed E-state index contributed by atoms with van der Waals surface area (Å²) in [7, 11) is 0. The molecule has 1 saturated heterocycles. The van der Waals surface area contributed by atoms with Gasteiger partial charge in [0.15, 0.2) is 11.6 Å². The predicted molar refractivity (Wildman–Crippen MR) is 59.1 cm³/mol. The predicted octanol–water partition coefficient (Wildman–Crippen LogP) is 1.90. The maximum atomic E-state index is 13.4. The van der Waals surface area contributed by atoms with E-state index in [1.165, 1.54) is 0 Å². The van der Waals surface area contributed by atoms with Crippen molar-refractivity contribution in [3.05, 3.63) is 35.1 Å². The quantitative estimate of drug-likeness (QED) is 0.799. The summed E-state index contributed by atoms with van der Waals surface area (Å²) in [6.07, 6.45) is 0. The summed E-state index contributed by atoms with van der Waals surface area (Å²) in [6.45, 7) is 4.73. The second kappa shape index (κ2) is 5.06. The van der Waals surface area contributed by atoms with Crippen molar-refractivity contribution in [1.29, 1.82) is 0 Å². The molecule has 2 rings (SSSR count). The number of hydrogen-bond donors (Lipinski definition) is 1. The fourth-order valence-corrected chi connectivity index (χ4v) is 2.08. The van der Waals surface area contributed by atoms with E-state index < -0.39 is 17.5 Å². The Balaban J connectivity index is 2.10. The summed E-state index contributed by atoms with van der Waals surface area (Å²) >= 11 is 0. The van der Waals surface area contributed by atoms with Gasteiger partial charge in [0.05, 0.1) is 0 Å². The van der Waals surface area contributed by atoms with E-state index in [2.05, 4.69) is 5.32 Å². The number of halogens is 3. The largest absolute Gasteiger partial charge is 0.312 e. The number of nitrogens with zero attached hydrogens (tertiary/aromatic N) is 1. The molecule has 0 unspecified atom stereocenters. The van der Waals surface area contributed by atoms with E-state index in [1.54, 1.807) is 0 Å². The molecule has 0 spiro atoms. The first-order chi connectivity index (χ1) is 8.06. The molecule has 1 N–H and O–H groups in total. The van der Waals surface area contributed by atoms with Crippen LogP contribution >= 0.6 is 0 Å². The number of nitrogens with one attached hydrogen (secondary N) is 1. The van der Waals surface area contributed by atoms with Crippen LogP contribution in [-0.2, 0) is 6.54 Å². The monoisotopic (exact) mass is 244 g/mol. The molecule has 1 atom stereocenters. The summed E-state index contributed by atoms with van der Waals surface area (Å²) in [6, 6.07) is 1.88. The van der Waals surface area contributed by atoms with E-state index >= 15 is 0 Å². The molecule has 1 aliphatic rings. The maximum Gasteiger partial charge on any atom is 0.161 e. The molecule has 0 aromatic heterocycles. The maximum absolute atomic E-state index is 13.4. The van der Waals surface area contributed by atoms with Gasteiger partial charge in [0.25, 0.3) is 0 Å². The smallest absolute Gasteiger partial charge is 0.161 e. The Hall–Kier alpha value is -1.07. The van der Waals surface area contributed by atoms with Crippen LogP contribution in [0.5, 0.6) is 0 Å². The number of benzene rings is 1. The van der Waals surface area contributed by atoms with Crippen molar-refractivity contribution in [2.24, 2.45) is 0 Å². The number of piperazine rings is 1. The van der Waals surface area contributed by atoms with E-state index in [9.17, 15) is 13.2 Å². The highest BCUT2D eigenvalue weighted by atomic mass is 19.2. The van der Waals surface area contributed by atoms with Crippen molar-refractivity contribution in [3.63, 3.8) is 0 Å². The highest BCUT2D eigenvalue weighted by Crippen LogP contribution is 2.16. The van der Waals surface area contributed by atoms with Gasteiger partial charge < -0.3 is 5.32 Å². The van der Waals surface area contributed by atoms with Crippen LogP contribution in [-0.4, -0.2) is 30.6 Å². The fourth-order valence-electron chi connectivity index (χ4n) is 2.08. The van der Waals surface area contributed by atoms with Crippen LogP contribution in [0.3, 0.4) is 0 Å². The molecule has 1 fully saturated rings. The van der Waals surface area contributed by atoms with E-state index in [4.69, 9.17) is 0 Å². The first-order valence-corrected chi connectivity index (χ1v) is 5.65. The van der Waals surface area contributed by atoms with E-state index in [1.807, 2.05) is 11.8 Å². The van der Waals surface area contributed by atoms with Crippen molar-refractivity contribution >= 4 is 0 Å². The highest BCUT2D eigenvalue weighted by molar-refractivity contribution is 5.20. The van der Waals surface area contributed by atoms with Gasteiger partial charge in [-0.3, -0.25) is 4.90 Å². The average Bonchev–Trinajstić information content (AvgIpc) is 2.26. The fraction of sp³-hybridized carbons (Fsp3) is 0.500. The van der Waals surface area contributed by atoms with Gasteiger partial charge in [0.1, 0.15) is 5.82 Å². The van der Waals surface area contributed by atoms with Gasteiger partial charge in [0, 0.05) is 43.9 Å². The van der Waals surface area contributed by atoms with Crippen molar-refractivity contribution in [2.75, 3.05) is 19.6 Å². The molecule has 5 heteroatoms. The van der Waals surface area contributed by atoms with Gasteiger partial charge in [-0.15, -0.1) is 0 Å². The summed E-state index contributed by atoms with van der Waals surface area (Å²) < 4.78 is 39.2. The topological polar surface area (TPSA) is 15.3 Å². The van der Waals surface area contributed by atoms with Crippen LogP contribution in [0.2, 0.25) is 0 Å². The lowest BCUT2D eigenvalue weighted by Gasteiger charge is -2.31. The first-order valence-electron chi connectivity index (χ1n) is 5.65. The van der Waals surface area contributed by atoms with Gasteiger partial charge in [-0.05, 0) is 13.0 Å². The molecule has 0 aliphatic carbocycles. The molecule has 2 nitrogen and oxygen atoms in total. The van der Waals surface area contributed by atoms with Crippen molar-refractivity contribution < 1.29 is 13.2 Å². The van der Waals surface area contributed by atoms with E-state index in [0.29, 0.717) is 18.7 Å². The third kappa shape index (κ3) is 2.98. The molecular weight excluding hydrogens is 229 g/mol. The van der Waals surface area contributed by atoms with Crippen molar-refractivity contribution in [1.82, 2.24) is 10.2 Å². The van der Waals surface area contributed by atoms with Crippen LogP contribution < -0.4 is 5.32 Å². The third-order valence-corrected chi connectivity index (χ3v) is 2.94. The first kappa shape index (κ1) is 12.4. The molecule has 1 aromatic carbocycles. The normalized spacial score (nSPS) is 21.8. The minimum Gasteiger partial charge on any atom is -0.312 e. The van der Waals surface area contributed by atoms with Crippen LogP contribution in [0.1, 0.15) is 12.5 Å². The Kier molecular flexibility index (Phi) is 3.69. The minimum absolute atomic E-state index is 0.206. The summed E-state index contributed by atoms with van der Waals surface area (Å²) in [5.74, 6) is -2.82. The molecule has 0 saturated carbocycles. The zero-order valence-corrected chi connectivity index (χ0v) is 9.64. The molecule has 0 bridgehead atoms. The number of rotatable bonds is 2. The van der Waals surface area contributed by atoms with Crippen molar-refractivity contribution in [3.8, 4) is 0 Å². The van der Waals surface area contributed by atoms with Gasteiger partial charge in [0.2, 0.25) is 0 Å². The summed E-state index contributed by atoms with van der Waals surface area (Å²) in [5, 5.41) is 3.26. The Morgan fingerprint density at radius 2 is 1.94 bits per heavy atom. The van der Waals surface area contributed by atoms with Gasteiger partial charge in [-0.2, -0.15) is 0 Å². The molecule has 17 heavy (non-hydrogen) atoms. The third-order valence-electron chi connectivity index (χ3n) is 2.94. The molecule has 1 aromatic rings. The molecule has 1 heterocycles. The summed E-state index contributed by atoms with van der Waals surface area (Å²) in [5.41, 5.74) is 0.206. The number of hydrogen-bond acceptors (Lipinski definition) is 2. The Bertz CT molecular complexity index is 409. The lowest BCUT2D eigenvalue weighted by Crippen LogP contribution is -2.48. The molecule has 0 amide bonds. The molecule has 0 radical (unpaired) electrons. The zero-order chi connectivity index (χ0) is 12.4. The Morgan fingerprint density at radius 1 is 1.24 bits per heavy atom. The standard InChI is InChI=1S/C12H15F3N2/c1-8-6-17(3-2-16-8)7-9-4-11(14)12(15)5-10(9)13/h4-5,8,16H,2-3,6-7H2,1H3/t8-/m1/s1. The van der Waals surface area contributed by atoms with Gasteiger partial charge >= 0.3 is 0 Å². The van der Waals surface area contributed by atoms with Crippen LogP contribution in [0.4, 0.5) is 13.2 Å². The minimum atomic E-state index is -1.14. The zero-order valence-electron chi connectivity index (χ0n) is 9.64. The SMILES string of the molecule is C[C@@H]1CN(Cc2cc(F)c(F)cc2F)CCN1. The van der Waals surface area contributed by atoms with Crippen LogP contribution in [0, 0.1) is 17.5 Å². The Labute approximate surface area is 98.4 Å². The average molecular weight is 244 g/mol. The van der Waals surface area contributed by atoms with Gasteiger partial charge in [-0.25, -0.2) is 13.2 Å². The summed E-state index contributed by atoms with van der Waals surface area (Å²) in [4.78, 5) is 2.02. The lowest BCUT2D eigenvalue weighted by atomic mass is 10.1. The molecular formula is C12H15F3N2. The van der Waals surface area contributed by atoms with E-state index in [-0.39, 0.29) is 5.56 Å². The highest BCUT2D eigenvalue weighted by Gasteiger charge is 2.18. The molecule has 1 aliphatic heterocycles. The van der Waals surface area contributed by atoms with Crippen molar-refractivity contribution in [2.45, 2.75) is 19.5 Å². The Morgan fingerprint density at radius 3 is 2.65 bits per heavy atom. The lowest BCUT2D eigenvalue weighted by molar-refractivity contribution is 0.197. The second-order valence-electron chi connectivity index (χ2n) is 4.45. The van der Waals surface area contributed by atoms with Crippen LogP contribution in [0.25, 0.3) is 0 Å². The second-order valence-corrected chi connectivity index (χ2v) is 4.45. The van der Waals surface area contributed by atoms with Gasteiger partial charge in [-0.1, -0.05) is 0 Å². The molecule has 94 valence electrons.